The van der Waals surface area contributed by atoms with Gasteiger partial charge < -0.3 is 20.3 Å². The Labute approximate surface area is 260 Å². The number of hydrogen-bond donors (Lipinski definition) is 1. The van der Waals surface area contributed by atoms with Gasteiger partial charge in [0.25, 0.3) is 0 Å². The molecule has 2 aliphatic rings. The van der Waals surface area contributed by atoms with Gasteiger partial charge in [-0.2, -0.15) is 0 Å². The predicted octanol–water partition coefficient (Wildman–Crippen LogP) is 6.31. The number of fused-ring (bicyclic) bond motifs is 1. The smallest absolute Gasteiger partial charge is 0.236 e. The highest BCUT2D eigenvalue weighted by Gasteiger charge is 2.32. The molecule has 2 aromatic rings. The van der Waals surface area contributed by atoms with Crippen LogP contribution in [0.5, 0.6) is 5.75 Å². The lowest BCUT2D eigenvalue weighted by Crippen LogP contribution is -2.42. The van der Waals surface area contributed by atoms with Crippen molar-refractivity contribution in [2.45, 2.75) is 97.9 Å². The second-order valence-electron chi connectivity index (χ2n) is 12.1. The molecule has 2 atom stereocenters. The average molecular weight is 593 g/mol. The van der Waals surface area contributed by atoms with Crippen molar-refractivity contribution in [2.24, 2.45) is 5.73 Å². The number of para-hydroxylation sites is 1. The number of likely N-dealkylation sites (N-methyl/N-ethyl adjacent to an activating group) is 1. The first-order valence-corrected chi connectivity index (χ1v) is 16.7. The van der Waals surface area contributed by atoms with E-state index in [1.807, 2.05) is 36.1 Å². The van der Waals surface area contributed by atoms with Crippen LogP contribution in [0.25, 0.3) is 0 Å². The first-order valence-electron chi connectivity index (χ1n) is 16.7. The molecule has 238 valence electrons. The Hall–Kier alpha value is -2.90. The fourth-order valence-corrected chi connectivity index (χ4v) is 6.07. The van der Waals surface area contributed by atoms with E-state index in [9.17, 15) is 9.59 Å². The van der Waals surface area contributed by atoms with Crippen LogP contribution in [-0.4, -0.2) is 73.5 Å². The second kappa shape index (κ2) is 18.0. The molecular formula is C36H56N4O3. The Morgan fingerprint density at radius 2 is 1.77 bits per heavy atom. The van der Waals surface area contributed by atoms with E-state index < -0.39 is 0 Å². The van der Waals surface area contributed by atoms with Crippen molar-refractivity contribution in [3.8, 4) is 5.75 Å². The number of carbonyl (C=O) groups excluding carboxylic acids is 2. The molecule has 2 amide bonds. The van der Waals surface area contributed by atoms with Crippen molar-refractivity contribution >= 4 is 17.5 Å². The summed E-state index contributed by atoms with van der Waals surface area (Å²) in [6.45, 7) is 16.2. The number of nitrogens with two attached hydrogens (primary N) is 1. The molecule has 7 nitrogen and oxygen atoms in total. The van der Waals surface area contributed by atoms with Crippen LogP contribution >= 0.6 is 0 Å². The summed E-state index contributed by atoms with van der Waals surface area (Å²) < 4.78 is 5.92. The number of rotatable bonds is 15. The van der Waals surface area contributed by atoms with Gasteiger partial charge in [-0.15, -0.1) is 0 Å². The number of amides is 2. The quantitative estimate of drug-likeness (QED) is 0.245. The van der Waals surface area contributed by atoms with Crippen LogP contribution in [0, 0.1) is 6.92 Å². The Balaban J connectivity index is 0.000000347. The fraction of sp³-hybridized carbons (Fsp3) is 0.611. The Kier molecular flexibility index (Phi) is 14.5. The second-order valence-corrected chi connectivity index (χ2v) is 12.1. The van der Waals surface area contributed by atoms with Gasteiger partial charge >= 0.3 is 0 Å². The molecule has 2 aliphatic heterocycles. The first-order chi connectivity index (χ1) is 20.8. The van der Waals surface area contributed by atoms with E-state index in [4.69, 9.17) is 10.5 Å². The van der Waals surface area contributed by atoms with Gasteiger partial charge in [-0.05, 0) is 94.2 Å². The summed E-state index contributed by atoms with van der Waals surface area (Å²) in [4.78, 5) is 30.7. The third-order valence-corrected chi connectivity index (χ3v) is 8.73. The van der Waals surface area contributed by atoms with Crippen molar-refractivity contribution < 1.29 is 14.3 Å². The number of anilines is 1. The zero-order valence-corrected chi connectivity index (χ0v) is 27.4. The highest BCUT2D eigenvalue weighted by Crippen LogP contribution is 2.34. The van der Waals surface area contributed by atoms with Gasteiger partial charge in [-0.25, -0.2) is 0 Å². The van der Waals surface area contributed by atoms with Crippen molar-refractivity contribution in [2.75, 3.05) is 50.8 Å². The SMILES string of the molecule is CCCCOc1ccc([C@@H]2C[C@H](C)N(CC(=O)N(CCCC)CCCCN)C2)cc1C.CCN1C(=O)Cc2ccccc21. The van der Waals surface area contributed by atoms with Crippen LogP contribution in [0.15, 0.2) is 42.5 Å². The van der Waals surface area contributed by atoms with Gasteiger partial charge in [0.05, 0.1) is 19.6 Å². The minimum absolute atomic E-state index is 0.221. The van der Waals surface area contributed by atoms with Crippen molar-refractivity contribution in [1.29, 1.82) is 0 Å². The lowest BCUT2D eigenvalue weighted by atomic mass is 9.95. The van der Waals surface area contributed by atoms with Crippen LogP contribution in [0.2, 0.25) is 0 Å². The summed E-state index contributed by atoms with van der Waals surface area (Å²) in [6, 6.07) is 15.0. The molecule has 1 saturated heterocycles. The Bertz CT molecular complexity index is 1150. The summed E-state index contributed by atoms with van der Waals surface area (Å²) in [7, 11) is 0. The van der Waals surface area contributed by atoms with E-state index in [2.05, 4.69) is 55.7 Å². The standard InChI is InChI=1S/C26H45N3O2.C10H11NO/c1-5-7-14-28(15-10-9-13-27)26(30)20-29-19-24(18-22(29)4)23-11-12-25(21(3)17-23)31-16-8-6-2;1-2-11-9-6-4-3-5-8(9)7-10(11)12/h11-12,17,22,24H,5-10,13-16,18-20,27H2,1-4H3;3-6H,2,7H2,1H3/t22-,24+;/m0./s1. The maximum absolute atomic E-state index is 13.0. The van der Waals surface area contributed by atoms with Crippen molar-refractivity contribution in [3.05, 3.63) is 59.2 Å². The lowest BCUT2D eigenvalue weighted by molar-refractivity contribution is -0.132. The normalized spacial score (nSPS) is 17.9. The summed E-state index contributed by atoms with van der Waals surface area (Å²) in [5.41, 5.74) is 10.5. The molecular weight excluding hydrogens is 536 g/mol. The molecule has 0 aliphatic carbocycles. The average Bonchev–Trinajstić information content (AvgIpc) is 3.53. The topological polar surface area (TPSA) is 79.1 Å². The third-order valence-electron chi connectivity index (χ3n) is 8.73. The van der Waals surface area contributed by atoms with Crippen LogP contribution < -0.4 is 15.4 Å². The largest absolute Gasteiger partial charge is 0.493 e. The van der Waals surface area contributed by atoms with Gasteiger partial charge in [-0.3, -0.25) is 14.5 Å². The molecule has 0 unspecified atom stereocenters. The molecule has 1 fully saturated rings. The van der Waals surface area contributed by atoms with Crippen LogP contribution in [0.1, 0.15) is 95.2 Å². The molecule has 7 heteroatoms. The molecule has 0 saturated carbocycles. The number of ether oxygens (including phenoxy) is 1. The van der Waals surface area contributed by atoms with Crippen molar-refractivity contribution in [3.63, 3.8) is 0 Å². The van der Waals surface area contributed by atoms with Gasteiger partial charge in [0, 0.05) is 37.9 Å². The van der Waals surface area contributed by atoms with Gasteiger partial charge in [0.1, 0.15) is 5.75 Å². The van der Waals surface area contributed by atoms with E-state index in [1.54, 1.807) is 0 Å². The Morgan fingerprint density at radius 3 is 2.47 bits per heavy atom. The number of aryl methyl sites for hydroxylation is 1. The van der Waals surface area contributed by atoms with E-state index in [0.29, 0.717) is 31.5 Å². The number of unbranched alkanes of at least 4 members (excludes halogenated alkanes) is 3. The molecule has 2 N–H and O–H groups in total. The van der Waals surface area contributed by atoms with Crippen LogP contribution in [-0.2, 0) is 16.0 Å². The van der Waals surface area contributed by atoms with E-state index in [0.717, 1.165) is 94.7 Å². The number of hydrogen-bond acceptors (Lipinski definition) is 5. The zero-order valence-electron chi connectivity index (χ0n) is 27.4. The predicted molar refractivity (Wildman–Crippen MR) is 178 cm³/mol. The minimum Gasteiger partial charge on any atom is -0.493 e. The Morgan fingerprint density at radius 1 is 1.02 bits per heavy atom. The third kappa shape index (κ3) is 10.1. The van der Waals surface area contributed by atoms with E-state index in [1.165, 1.54) is 11.1 Å². The molecule has 0 aromatic heterocycles. The summed E-state index contributed by atoms with van der Waals surface area (Å²) in [5.74, 6) is 1.97. The zero-order chi connectivity index (χ0) is 31.2. The van der Waals surface area contributed by atoms with Gasteiger partial charge in [0.2, 0.25) is 11.8 Å². The summed E-state index contributed by atoms with van der Waals surface area (Å²) >= 11 is 0. The maximum Gasteiger partial charge on any atom is 0.236 e. The molecule has 2 heterocycles. The van der Waals surface area contributed by atoms with E-state index >= 15 is 0 Å². The van der Waals surface area contributed by atoms with Gasteiger partial charge in [0.15, 0.2) is 0 Å². The van der Waals surface area contributed by atoms with E-state index in [-0.39, 0.29) is 11.8 Å². The molecule has 43 heavy (non-hydrogen) atoms. The number of benzene rings is 2. The first kappa shape index (κ1) is 34.6. The van der Waals surface area contributed by atoms with Crippen LogP contribution in [0.4, 0.5) is 5.69 Å². The number of likely N-dealkylation sites (tertiary alicyclic amines) is 1. The number of nitrogens with zero attached hydrogens (tertiary/aromatic N) is 3. The molecule has 4 rings (SSSR count). The lowest BCUT2D eigenvalue weighted by Gasteiger charge is -2.27. The van der Waals surface area contributed by atoms with Gasteiger partial charge in [-0.1, -0.05) is 57.0 Å². The number of carbonyl (C=O) groups is 2. The monoisotopic (exact) mass is 592 g/mol. The fourth-order valence-electron chi connectivity index (χ4n) is 6.07. The molecule has 0 bridgehead atoms. The van der Waals surface area contributed by atoms with Crippen molar-refractivity contribution in [1.82, 2.24) is 9.80 Å². The highest BCUT2D eigenvalue weighted by molar-refractivity contribution is 6.01. The maximum atomic E-state index is 13.0. The van der Waals surface area contributed by atoms with Crippen LogP contribution in [0.3, 0.4) is 0 Å². The minimum atomic E-state index is 0.221. The molecule has 0 radical (unpaired) electrons. The summed E-state index contributed by atoms with van der Waals surface area (Å²) in [5, 5.41) is 0. The summed E-state index contributed by atoms with van der Waals surface area (Å²) in [6.07, 6.45) is 8.07. The molecule has 0 spiro atoms. The molecule has 2 aromatic carbocycles. The highest BCUT2D eigenvalue weighted by atomic mass is 16.5.